The fourth-order valence-corrected chi connectivity index (χ4v) is 3.98. The molecule has 2 aliphatic rings. The van der Waals surface area contributed by atoms with Crippen LogP contribution in [0.4, 0.5) is 0 Å². The van der Waals surface area contributed by atoms with Gasteiger partial charge in [0.15, 0.2) is 5.82 Å². The quantitative estimate of drug-likeness (QED) is 0.927. The molecule has 7 nitrogen and oxygen atoms in total. The SMILES string of the molecule is Cc1nc([C@H]2CN(C(=O)C3CCC(n4cccc4)CC3)CCO2)n[nH]1. The van der Waals surface area contributed by atoms with Crippen molar-refractivity contribution in [1.82, 2.24) is 24.6 Å². The third kappa shape index (κ3) is 3.46. The van der Waals surface area contributed by atoms with E-state index >= 15 is 0 Å². The average Bonchev–Trinajstić information content (AvgIpc) is 3.33. The summed E-state index contributed by atoms with van der Waals surface area (Å²) >= 11 is 0. The summed E-state index contributed by atoms with van der Waals surface area (Å²) in [6.45, 7) is 3.62. The van der Waals surface area contributed by atoms with Crippen molar-refractivity contribution in [2.45, 2.75) is 44.8 Å². The first kappa shape index (κ1) is 16.3. The predicted octanol–water partition coefficient (Wildman–Crippen LogP) is 2.25. The molecule has 134 valence electrons. The molecule has 2 fully saturated rings. The first-order chi connectivity index (χ1) is 12.2. The van der Waals surface area contributed by atoms with Crippen molar-refractivity contribution in [1.29, 1.82) is 0 Å². The van der Waals surface area contributed by atoms with Crippen LogP contribution in [0.25, 0.3) is 0 Å². The summed E-state index contributed by atoms with van der Waals surface area (Å²) in [6.07, 6.45) is 8.08. The van der Waals surface area contributed by atoms with Gasteiger partial charge in [0.25, 0.3) is 0 Å². The third-order valence-electron chi connectivity index (χ3n) is 5.38. The standard InChI is InChI=1S/C18H25N5O2/c1-13-19-17(21-20-13)16-12-23(10-11-25-16)18(24)14-4-6-15(7-5-14)22-8-2-3-9-22/h2-3,8-9,14-16H,4-7,10-12H2,1H3,(H,19,20,21)/t14?,15?,16-/m1/s1. The Balaban J connectivity index is 1.35. The van der Waals surface area contributed by atoms with E-state index in [1.807, 2.05) is 11.8 Å². The highest BCUT2D eigenvalue weighted by Crippen LogP contribution is 2.34. The Kier molecular flexibility index (Phi) is 4.57. The van der Waals surface area contributed by atoms with Crippen molar-refractivity contribution in [2.24, 2.45) is 5.92 Å². The number of hydrogen-bond acceptors (Lipinski definition) is 4. The molecule has 1 saturated heterocycles. The second-order valence-electron chi connectivity index (χ2n) is 7.06. The first-order valence-corrected chi connectivity index (χ1v) is 9.12. The highest BCUT2D eigenvalue weighted by atomic mass is 16.5. The van der Waals surface area contributed by atoms with E-state index in [9.17, 15) is 4.79 Å². The van der Waals surface area contributed by atoms with E-state index in [4.69, 9.17) is 4.74 Å². The van der Waals surface area contributed by atoms with Crippen LogP contribution in [0, 0.1) is 12.8 Å². The molecule has 0 aromatic carbocycles. The molecule has 4 rings (SSSR count). The van der Waals surface area contributed by atoms with Gasteiger partial charge in [0.1, 0.15) is 11.9 Å². The summed E-state index contributed by atoms with van der Waals surface area (Å²) in [5.74, 6) is 1.82. The molecule has 2 aromatic heterocycles. The molecule has 0 bridgehead atoms. The fraction of sp³-hybridized carbons (Fsp3) is 0.611. The molecular weight excluding hydrogens is 318 g/mol. The lowest BCUT2D eigenvalue weighted by molar-refractivity contribution is -0.144. The van der Waals surface area contributed by atoms with Crippen molar-refractivity contribution >= 4 is 5.91 Å². The molecule has 7 heteroatoms. The number of morpholine rings is 1. The zero-order valence-electron chi connectivity index (χ0n) is 14.6. The van der Waals surface area contributed by atoms with E-state index in [0.717, 1.165) is 31.5 Å². The Hall–Kier alpha value is -2.15. The lowest BCUT2D eigenvalue weighted by Crippen LogP contribution is -2.45. The molecule has 0 unspecified atom stereocenters. The van der Waals surface area contributed by atoms with Crippen LogP contribution in [0.15, 0.2) is 24.5 Å². The number of H-pyrrole nitrogens is 1. The number of amides is 1. The third-order valence-corrected chi connectivity index (χ3v) is 5.38. The van der Waals surface area contributed by atoms with Crippen molar-refractivity contribution in [3.05, 3.63) is 36.2 Å². The maximum atomic E-state index is 12.9. The van der Waals surface area contributed by atoms with Gasteiger partial charge in [-0.2, -0.15) is 5.10 Å². The summed E-state index contributed by atoms with van der Waals surface area (Å²) < 4.78 is 8.04. The Morgan fingerprint density at radius 1 is 1.24 bits per heavy atom. The number of rotatable bonds is 3. The number of aromatic amines is 1. The van der Waals surface area contributed by atoms with Crippen LogP contribution in [-0.4, -0.2) is 50.3 Å². The molecule has 1 saturated carbocycles. The highest BCUT2D eigenvalue weighted by Gasteiger charge is 2.33. The lowest BCUT2D eigenvalue weighted by atomic mass is 9.85. The van der Waals surface area contributed by atoms with Crippen LogP contribution in [0.5, 0.6) is 0 Å². The van der Waals surface area contributed by atoms with Crippen molar-refractivity contribution in [3.8, 4) is 0 Å². The minimum Gasteiger partial charge on any atom is -0.366 e. The Morgan fingerprint density at radius 3 is 2.68 bits per heavy atom. The number of ether oxygens (including phenoxy) is 1. The second-order valence-corrected chi connectivity index (χ2v) is 7.06. The number of nitrogens with zero attached hydrogens (tertiary/aromatic N) is 4. The van der Waals surface area contributed by atoms with Gasteiger partial charge in [-0.05, 0) is 44.7 Å². The number of carbonyl (C=O) groups excluding carboxylic acids is 1. The van der Waals surface area contributed by atoms with Crippen molar-refractivity contribution in [2.75, 3.05) is 19.7 Å². The van der Waals surface area contributed by atoms with Gasteiger partial charge in [-0.3, -0.25) is 9.89 Å². The van der Waals surface area contributed by atoms with E-state index in [1.54, 1.807) is 0 Å². The Morgan fingerprint density at radius 2 is 2.00 bits per heavy atom. The molecule has 25 heavy (non-hydrogen) atoms. The summed E-state index contributed by atoms with van der Waals surface area (Å²) in [6, 6.07) is 4.67. The van der Waals surface area contributed by atoms with Crippen LogP contribution in [0.3, 0.4) is 0 Å². The Labute approximate surface area is 147 Å². The zero-order valence-corrected chi connectivity index (χ0v) is 14.6. The van der Waals surface area contributed by atoms with Crippen LogP contribution in [-0.2, 0) is 9.53 Å². The molecule has 0 spiro atoms. The van der Waals surface area contributed by atoms with Gasteiger partial charge in [0, 0.05) is 30.9 Å². The molecule has 0 radical (unpaired) electrons. The minimum absolute atomic E-state index is 0.138. The fourth-order valence-electron chi connectivity index (χ4n) is 3.98. The zero-order chi connectivity index (χ0) is 17.2. The van der Waals surface area contributed by atoms with E-state index < -0.39 is 0 Å². The summed E-state index contributed by atoms with van der Waals surface area (Å²) in [5.41, 5.74) is 0. The highest BCUT2D eigenvalue weighted by molar-refractivity contribution is 5.79. The van der Waals surface area contributed by atoms with Gasteiger partial charge in [-0.15, -0.1) is 0 Å². The van der Waals surface area contributed by atoms with Gasteiger partial charge < -0.3 is 14.2 Å². The number of hydrogen-bond donors (Lipinski definition) is 1. The molecule has 3 heterocycles. The van der Waals surface area contributed by atoms with E-state index in [2.05, 4.69) is 44.3 Å². The molecule has 1 atom stereocenters. The summed E-state index contributed by atoms with van der Waals surface area (Å²) in [7, 11) is 0. The van der Waals surface area contributed by atoms with Gasteiger partial charge in [-0.25, -0.2) is 4.98 Å². The van der Waals surface area contributed by atoms with E-state index in [0.29, 0.717) is 31.6 Å². The average molecular weight is 343 g/mol. The van der Waals surface area contributed by atoms with Gasteiger partial charge in [0.2, 0.25) is 5.91 Å². The molecular formula is C18H25N5O2. The largest absolute Gasteiger partial charge is 0.366 e. The molecule has 2 aromatic rings. The number of carbonyl (C=O) groups is 1. The molecule has 1 aliphatic carbocycles. The predicted molar refractivity (Wildman–Crippen MR) is 91.8 cm³/mol. The summed E-state index contributed by atoms with van der Waals surface area (Å²) in [4.78, 5) is 19.2. The number of aromatic nitrogens is 4. The maximum Gasteiger partial charge on any atom is 0.225 e. The van der Waals surface area contributed by atoms with Gasteiger partial charge >= 0.3 is 0 Å². The molecule has 1 N–H and O–H groups in total. The maximum absolute atomic E-state index is 12.9. The van der Waals surface area contributed by atoms with Crippen LogP contribution >= 0.6 is 0 Å². The van der Waals surface area contributed by atoms with Crippen LogP contribution < -0.4 is 0 Å². The van der Waals surface area contributed by atoms with Crippen molar-refractivity contribution < 1.29 is 9.53 Å². The normalized spacial score (nSPS) is 27.4. The minimum atomic E-state index is -0.223. The molecule has 1 amide bonds. The van der Waals surface area contributed by atoms with Crippen molar-refractivity contribution in [3.63, 3.8) is 0 Å². The first-order valence-electron chi connectivity index (χ1n) is 9.12. The number of aryl methyl sites for hydroxylation is 1. The van der Waals surface area contributed by atoms with E-state index in [1.165, 1.54) is 0 Å². The van der Waals surface area contributed by atoms with E-state index in [-0.39, 0.29) is 17.9 Å². The summed E-state index contributed by atoms with van der Waals surface area (Å²) in [5, 5.41) is 7.03. The van der Waals surface area contributed by atoms with Gasteiger partial charge in [-0.1, -0.05) is 0 Å². The second kappa shape index (κ2) is 7.00. The van der Waals surface area contributed by atoms with Crippen LogP contribution in [0.1, 0.15) is 49.5 Å². The lowest BCUT2D eigenvalue weighted by Gasteiger charge is -2.36. The smallest absolute Gasteiger partial charge is 0.225 e. The molecule has 1 aliphatic heterocycles. The van der Waals surface area contributed by atoms with Gasteiger partial charge in [0.05, 0.1) is 13.2 Å². The number of nitrogens with one attached hydrogen (secondary N) is 1. The van der Waals surface area contributed by atoms with Crippen LogP contribution in [0.2, 0.25) is 0 Å². The topological polar surface area (TPSA) is 76.0 Å². The Bertz CT molecular complexity index is 703. The monoisotopic (exact) mass is 343 g/mol.